The molecule has 134 valence electrons. The lowest BCUT2D eigenvalue weighted by molar-refractivity contribution is 1.11. The molecule has 2 aromatic carbocycles. The molecule has 0 radical (unpaired) electrons. The molecule has 0 aliphatic carbocycles. The summed E-state index contributed by atoms with van der Waals surface area (Å²) in [7, 11) is 0. The molecular formula is C19H12N8S. The summed E-state index contributed by atoms with van der Waals surface area (Å²) < 4.78 is 1.10. The third kappa shape index (κ3) is 2.41. The van der Waals surface area contributed by atoms with Crippen LogP contribution in [0.25, 0.3) is 43.0 Å². The normalized spacial score (nSPS) is 11.6. The molecule has 0 saturated carbocycles. The van der Waals surface area contributed by atoms with Gasteiger partial charge in [-0.25, -0.2) is 15.0 Å². The number of benzene rings is 2. The molecule has 28 heavy (non-hydrogen) atoms. The van der Waals surface area contributed by atoms with Crippen molar-refractivity contribution >= 4 is 55.0 Å². The van der Waals surface area contributed by atoms with E-state index in [9.17, 15) is 0 Å². The quantitative estimate of drug-likeness (QED) is 0.421. The number of fused-ring (bicyclic) bond motifs is 3. The highest BCUT2D eigenvalue weighted by Crippen LogP contribution is 2.31. The average Bonchev–Trinajstić information content (AvgIpc) is 3.45. The standard InChI is InChI=1S/C19H12N8S/c1-2-4-15-12(3-1)24-19(28-15)18-23-14-9-21-27-16(14)17(25-18)22-11-6-5-10-8-20-26-13(10)7-11/h1-9H,(H,20,26)(H,21,27)(H,22,23,25). The fourth-order valence-corrected chi connectivity index (χ4v) is 4.04. The lowest BCUT2D eigenvalue weighted by atomic mass is 10.2. The van der Waals surface area contributed by atoms with Crippen molar-refractivity contribution in [3.8, 4) is 10.8 Å². The molecule has 0 aliphatic heterocycles. The Morgan fingerprint density at radius 2 is 1.79 bits per heavy atom. The van der Waals surface area contributed by atoms with E-state index in [0.717, 1.165) is 42.8 Å². The van der Waals surface area contributed by atoms with E-state index in [2.05, 4.69) is 35.7 Å². The molecule has 0 atom stereocenters. The lowest BCUT2D eigenvalue weighted by Crippen LogP contribution is -1.99. The van der Waals surface area contributed by atoms with Crippen molar-refractivity contribution in [2.24, 2.45) is 0 Å². The second kappa shape index (κ2) is 5.83. The summed E-state index contributed by atoms with van der Waals surface area (Å²) in [5.74, 6) is 1.22. The highest BCUT2D eigenvalue weighted by molar-refractivity contribution is 7.21. The first-order chi connectivity index (χ1) is 13.8. The number of aromatic amines is 2. The van der Waals surface area contributed by atoms with Gasteiger partial charge in [0.05, 0.1) is 28.1 Å². The van der Waals surface area contributed by atoms with Gasteiger partial charge < -0.3 is 5.32 Å². The molecule has 0 aliphatic rings. The second-order valence-corrected chi connectivity index (χ2v) is 7.34. The minimum absolute atomic E-state index is 0.570. The Morgan fingerprint density at radius 1 is 0.857 bits per heavy atom. The molecule has 0 amide bonds. The molecule has 6 aromatic rings. The van der Waals surface area contributed by atoms with Crippen molar-refractivity contribution in [3.63, 3.8) is 0 Å². The van der Waals surface area contributed by atoms with Gasteiger partial charge in [0, 0.05) is 11.1 Å². The summed E-state index contributed by atoms with van der Waals surface area (Å²) in [4.78, 5) is 14.0. The largest absolute Gasteiger partial charge is 0.338 e. The van der Waals surface area contributed by atoms with Crippen LogP contribution in [0.1, 0.15) is 0 Å². The monoisotopic (exact) mass is 384 g/mol. The first kappa shape index (κ1) is 15.2. The van der Waals surface area contributed by atoms with Crippen LogP contribution in [0.15, 0.2) is 54.9 Å². The van der Waals surface area contributed by atoms with E-state index < -0.39 is 0 Å². The van der Waals surface area contributed by atoms with Crippen LogP contribution in [0.4, 0.5) is 11.5 Å². The molecule has 0 bridgehead atoms. The first-order valence-electron chi connectivity index (χ1n) is 8.61. The number of H-pyrrole nitrogens is 2. The number of aromatic nitrogens is 7. The molecule has 4 heterocycles. The summed E-state index contributed by atoms with van der Waals surface area (Å²) >= 11 is 1.57. The van der Waals surface area contributed by atoms with E-state index >= 15 is 0 Å². The first-order valence-corrected chi connectivity index (χ1v) is 9.42. The fourth-order valence-electron chi connectivity index (χ4n) is 3.15. The Balaban J connectivity index is 1.48. The SMILES string of the molecule is c1ccc2sc(-c3nc(Nc4ccc5cn[nH]c5c4)c4[nH]ncc4n3)nc2c1. The maximum atomic E-state index is 4.73. The topological polar surface area (TPSA) is 108 Å². The predicted octanol–water partition coefficient (Wildman–Crippen LogP) is 4.25. The number of thiazole rings is 1. The van der Waals surface area contributed by atoms with E-state index in [0.29, 0.717) is 11.6 Å². The number of rotatable bonds is 3. The molecule has 8 nitrogen and oxygen atoms in total. The summed E-state index contributed by atoms with van der Waals surface area (Å²) in [6, 6.07) is 14.0. The highest BCUT2D eigenvalue weighted by atomic mass is 32.1. The van der Waals surface area contributed by atoms with Gasteiger partial charge in [0.25, 0.3) is 0 Å². The van der Waals surface area contributed by atoms with E-state index in [1.807, 2.05) is 42.5 Å². The third-order valence-electron chi connectivity index (χ3n) is 4.49. The van der Waals surface area contributed by atoms with Crippen LogP contribution in [0.5, 0.6) is 0 Å². The Morgan fingerprint density at radius 3 is 2.75 bits per heavy atom. The Kier molecular flexibility index (Phi) is 3.17. The molecule has 0 fully saturated rings. The molecular weight excluding hydrogens is 372 g/mol. The Labute approximate surface area is 161 Å². The van der Waals surface area contributed by atoms with Gasteiger partial charge in [0.15, 0.2) is 16.6 Å². The minimum Gasteiger partial charge on any atom is -0.338 e. The number of nitrogens with one attached hydrogen (secondary N) is 3. The number of hydrogen-bond donors (Lipinski definition) is 3. The van der Waals surface area contributed by atoms with Crippen LogP contribution in [0.2, 0.25) is 0 Å². The molecule has 3 N–H and O–H groups in total. The van der Waals surface area contributed by atoms with E-state index in [1.165, 1.54) is 0 Å². The summed E-state index contributed by atoms with van der Waals surface area (Å²) in [6.07, 6.45) is 3.49. The minimum atomic E-state index is 0.570. The predicted molar refractivity (Wildman–Crippen MR) is 110 cm³/mol. The molecule has 6 rings (SSSR count). The number of para-hydroxylation sites is 1. The summed E-state index contributed by atoms with van der Waals surface area (Å²) in [5, 5.41) is 19.3. The number of hydrogen-bond acceptors (Lipinski definition) is 7. The highest BCUT2D eigenvalue weighted by Gasteiger charge is 2.15. The maximum absolute atomic E-state index is 4.73. The van der Waals surface area contributed by atoms with Crippen LogP contribution >= 0.6 is 11.3 Å². The van der Waals surface area contributed by atoms with Crippen molar-refractivity contribution in [2.45, 2.75) is 0 Å². The fraction of sp³-hybridized carbons (Fsp3) is 0. The van der Waals surface area contributed by atoms with Gasteiger partial charge in [-0.3, -0.25) is 10.2 Å². The molecule has 0 unspecified atom stereocenters. The van der Waals surface area contributed by atoms with Crippen molar-refractivity contribution in [1.29, 1.82) is 0 Å². The van der Waals surface area contributed by atoms with Crippen molar-refractivity contribution in [1.82, 2.24) is 35.3 Å². The van der Waals surface area contributed by atoms with Gasteiger partial charge >= 0.3 is 0 Å². The van der Waals surface area contributed by atoms with Crippen LogP contribution in [-0.2, 0) is 0 Å². The van der Waals surface area contributed by atoms with Gasteiger partial charge in [-0.1, -0.05) is 12.1 Å². The molecule has 0 spiro atoms. The van der Waals surface area contributed by atoms with Crippen LogP contribution in [0.3, 0.4) is 0 Å². The van der Waals surface area contributed by atoms with Crippen LogP contribution in [-0.4, -0.2) is 35.3 Å². The van der Waals surface area contributed by atoms with E-state index in [-0.39, 0.29) is 0 Å². The van der Waals surface area contributed by atoms with Gasteiger partial charge in [-0.15, -0.1) is 11.3 Å². The van der Waals surface area contributed by atoms with Crippen LogP contribution in [0, 0.1) is 0 Å². The number of anilines is 2. The van der Waals surface area contributed by atoms with Crippen molar-refractivity contribution in [3.05, 3.63) is 54.9 Å². The van der Waals surface area contributed by atoms with Crippen molar-refractivity contribution in [2.75, 3.05) is 5.32 Å². The zero-order valence-corrected chi connectivity index (χ0v) is 15.2. The zero-order valence-electron chi connectivity index (χ0n) is 14.3. The Hall–Kier alpha value is -3.85. The smallest absolute Gasteiger partial charge is 0.191 e. The van der Waals surface area contributed by atoms with Crippen LogP contribution < -0.4 is 5.32 Å². The third-order valence-corrected chi connectivity index (χ3v) is 5.52. The Bertz CT molecular complexity index is 1430. The van der Waals surface area contributed by atoms with Gasteiger partial charge in [-0.05, 0) is 30.3 Å². The van der Waals surface area contributed by atoms with Crippen molar-refractivity contribution < 1.29 is 0 Å². The van der Waals surface area contributed by atoms with Gasteiger partial charge in [-0.2, -0.15) is 10.2 Å². The maximum Gasteiger partial charge on any atom is 0.191 e. The van der Waals surface area contributed by atoms with Gasteiger partial charge in [0.1, 0.15) is 11.0 Å². The lowest BCUT2D eigenvalue weighted by Gasteiger charge is -2.08. The summed E-state index contributed by atoms with van der Waals surface area (Å²) in [5.41, 5.74) is 4.26. The summed E-state index contributed by atoms with van der Waals surface area (Å²) in [6.45, 7) is 0. The average molecular weight is 384 g/mol. The molecule has 4 aromatic heterocycles. The van der Waals surface area contributed by atoms with Gasteiger partial charge in [0.2, 0.25) is 0 Å². The van der Waals surface area contributed by atoms with E-state index in [1.54, 1.807) is 23.7 Å². The van der Waals surface area contributed by atoms with E-state index in [4.69, 9.17) is 4.98 Å². The zero-order chi connectivity index (χ0) is 18.5. The number of nitrogens with zero attached hydrogens (tertiary/aromatic N) is 5. The molecule has 9 heteroatoms. The molecule has 0 saturated heterocycles. The second-order valence-electron chi connectivity index (χ2n) is 6.31.